The van der Waals surface area contributed by atoms with E-state index in [1.165, 1.54) is 0 Å². The monoisotopic (exact) mass is 218 g/mol. The van der Waals surface area contributed by atoms with Crippen molar-refractivity contribution in [2.24, 2.45) is 0 Å². The Balaban J connectivity index is 2.60. The molecule has 0 amide bonds. The van der Waals surface area contributed by atoms with Crippen LogP contribution in [0.4, 0.5) is 0 Å². The first-order valence-corrected chi connectivity index (χ1v) is 5.63. The Hall–Kier alpha value is -1.37. The SMILES string of the molecule is CCCNC(Cc1ccccc1)C(O)C#N. The number of hydrogen-bond acceptors (Lipinski definition) is 3. The van der Waals surface area contributed by atoms with Crippen LogP contribution in [0.15, 0.2) is 30.3 Å². The Morgan fingerprint density at radius 1 is 1.38 bits per heavy atom. The minimum Gasteiger partial charge on any atom is -0.376 e. The van der Waals surface area contributed by atoms with Crippen LogP contribution in [0.1, 0.15) is 18.9 Å². The van der Waals surface area contributed by atoms with E-state index in [0.717, 1.165) is 18.5 Å². The first kappa shape index (κ1) is 12.7. The zero-order chi connectivity index (χ0) is 11.8. The second-order valence-corrected chi connectivity index (χ2v) is 3.82. The average Bonchev–Trinajstić information content (AvgIpc) is 2.34. The molecule has 1 aromatic carbocycles. The predicted molar refractivity (Wildman–Crippen MR) is 63.8 cm³/mol. The zero-order valence-electron chi connectivity index (χ0n) is 9.56. The molecule has 0 aromatic heterocycles. The van der Waals surface area contributed by atoms with Crippen molar-refractivity contribution in [1.29, 1.82) is 5.26 Å². The third-order valence-electron chi connectivity index (χ3n) is 2.47. The van der Waals surface area contributed by atoms with Crippen LogP contribution in [0.5, 0.6) is 0 Å². The van der Waals surface area contributed by atoms with E-state index in [1.807, 2.05) is 36.4 Å². The van der Waals surface area contributed by atoms with Crippen molar-refractivity contribution < 1.29 is 5.11 Å². The van der Waals surface area contributed by atoms with Gasteiger partial charge >= 0.3 is 0 Å². The molecule has 2 N–H and O–H groups in total. The van der Waals surface area contributed by atoms with E-state index in [2.05, 4.69) is 12.2 Å². The van der Waals surface area contributed by atoms with Gasteiger partial charge in [-0.05, 0) is 24.9 Å². The molecule has 0 bridgehead atoms. The third-order valence-corrected chi connectivity index (χ3v) is 2.47. The molecule has 16 heavy (non-hydrogen) atoms. The minimum atomic E-state index is -0.952. The minimum absolute atomic E-state index is 0.188. The van der Waals surface area contributed by atoms with Crippen LogP contribution in [0, 0.1) is 11.3 Å². The normalized spacial score (nSPS) is 14.1. The van der Waals surface area contributed by atoms with Crippen molar-refractivity contribution in [2.75, 3.05) is 6.54 Å². The van der Waals surface area contributed by atoms with Crippen molar-refractivity contribution in [1.82, 2.24) is 5.32 Å². The second kappa shape index (κ2) is 7.00. The van der Waals surface area contributed by atoms with Crippen molar-refractivity contribution in [3.8, 4) is 6.07 Å². The highest BCUT2D eigenvalue weighted by Gasteiger charge is 2.17. The lowest BCUT2D eigenvalue weighted by atomic mass is 10.0. The lowest BCUT2D eigenvalue weighted by molar-refractivity contribution is 0.177. The van der Waals surface area contributed by atoms with Gasteiger partial charge in [-0.1, -0.05) is 37.3 Å². The summed E-state index contributed by atoms with van der Waals surface area (Å²) in [4.78, 5) is 0. The largest absolute Gasteiger partial charge is 0.376 e. The highest BCUT2D eigenvalue weighted by atomic mass is 16.3. The lowest BCUT2D eigenvalue weighted by Gasteiger charge is -2.19. The number of aliphatic hydroxyl groups is 1. The van der Waals surface area contributed by atoms with Gasteiger partial charge in [0.05, 0.1) is 12.1 Å². The van der Waals surface area contributed by atoms with Crippen molar-refractivity contribution in [3.63, 3.8) is 0 Å². The maximum absolute atomic E-state index is 9.58. The molecule has 1 rings (SSSR count). The van der Waals surface area contributed by atoms with Gasteiger partial charge in [0.15, 0.2) is 6.10 Å². The lowest BCUT2D eigenvalue weighted by Crippen LogP contribution is -2.41. The quantitative estimate of drug-likeness (QED) is 0.711. The standard InChI is InChI=1S/C13H18N2O/c1-2-8-15-12(13(16)10-14)9-11-6-4-3-5-7-11/h3-7,12-13,15-16H,2,8-9H2,1H3. The Kier molecular flexibility index (Phi) is 5.55. The van der Waals surface area contributed by atoms with Crippen molar-refractivity contribution in [3.05, 3.63) is 35.9 Å². The van der Waals surface area contributed by atoms with Gasteiger partial charge in [0.2, 0.25) is 0 Å². The number of hydrogen-bond donors (Lipinski definition) is 2. The Morgan fingerprint density at radius 2 is 2.06 bits per heavy atom. The fraction of sp³-hybridized carbons (Fsp3) is 0.462. The van der Waals surface area contributed by atoms with E-state index < -0.39 is 6.10 Å². The Morgan fingerprint density at radius 3 is 2.62 bits per heavy atom. The van der Waals surface area contributed by atoms with Gasteiger partial charge in [0.25, 0.3) is 0 Å². The number of rotatable bonds is 6. The van der Waals surface area contributed by atoms with E-state index in [-0.39, 0.29) is 6.04 Å². The number of nitrogens with one attached hydrogen (secondary N) is 1. The molecule has 0 aliphatic carbocycles. The molecule has 0 aliphatic rings. The molecule has 1 aromatic rings. The smallest absolute Gasteiger partial charge is 0.156 e. The summed E-state index contributed by atoms with van der Waals surface area (Å²) in [6.45, 7) is 2.88. The second-order valence-electron chi connectivity index (χ2n) is 3.82. The van der Waals surface area contributed by atoms with Crippen LogP contribution in [-0.2, 0) is 6.42 Å². The molecule has 0 fully saturated rings. The van der Waals surface area contributed by atoms with Crippen LogP contribution in [0.2, 0.25) is 0 Å². The summed E-state index contributed by atoms with van der Waals surface area (Å²) in [5.41, 5.74) is 1.13. The molecule has 86 valence electrons. The molecule has 3 nitrogen and oxygen atoms in total. The summed E-state index contributed by atoms with van der Waals surface area (Å²) in [5, 5.41) is 21.5. The number of aliphatic hydroxyl groups excluding tert-OH is 1. The van der Waals surface area contributed by atoms with Gasteiger partial charge in [0.1, 0.15) is 0 Å². The molecule has 0 aliphatic heterocycles. The molecule has 0 saturated carbocycles. The van der Waals surface area contributed by atoms with E-state index >= 15 is 0 Å². The van der Waals surface area contributed by atoms with Crippen LogP contribution in [0.25, 0.3) is 0 Å². The first-order valence-electron chi connectivity index (χ1n) is 5.63. The molecule has 0 radical (unpaired) electrons. The average molecular weight is 218 g/mol. The Labute approximate surface area is 96.7 Å². The molecule has 0 heterocycles. The highest BCUT2D eigenvalue weighted by molar-refractivity contribution is 5.17. The zero-order valence-corrected chi connectivity index (χ0v) is 9.56. The van der Waals surface area contributed by atoms with Crippen LogP contribution in [0.3, 0.4) is 0 Å². The van der Waals surface area contributed by atoms with Gasteiger partial charge in [-0.25, -0.2) is 0 Å². The molecular weight excluding hydrogens is 200 g/mol. The van der Waals surface area contributed by atoms with Gasteiger partial charge in [-0.15, -0.1) is 0 Å². The van der Waals surface area contributed by atoms with Crippen LogP contribution >= 0.6 is 0 Å². The van der Waals surface area contributed by atoms with Crippen molar-refractivity contribution in [2.45, 2.75) is 31.9 Å². The summed E-state index contributed by atoms with van der Waals surface area (Å²) in [6, 6.07) is 11.6. The van der Waals surface area contributed by atoms with E-state index in [0.29, 0.717) is 6.42 Å². The fourth-order valence-corrected chi connectivity index (χ4v) is 1.58. The number of nitriles is 1. The molecule has 2 atom stereocenters. The molecule has 0 spiro atoms. The first-order chi connectivity index (χ1) is 7.77. The van der Waals surface area contributed by atoms with Crippen molar-refractivity contribution >= 4 is 0 Å². The highest BCUT2D eigenvalue weighted by Crippen LogP contribution is 2.06. The summed E-state index contributed by atoms with van der Waals surface area (Å²) < 4.78 is 0. The predicted octanol–water partition coefficient (Wildman–Crippen LogP) is 1.48. The summed E-state index contributed by atoms with van der Waals surface area (Å²) in [5.74, 6) is 0. The Bertz CT molecular complexity index is 332. The molecular formula is C13H18N2O. The third kappa shape index (κ3) is 4.01. The number of nitrogens with zero attached hydrogens (tertiary/aromatic N) is 1. The summed E-state index contributed by atoms with van der Waals surface area (Å²) in [7, 11) is 0. The van der Waals surface area contributed by atoms with E-state index in [9.17, 15) is 5.11 Å². The summed E-state index contributed by atoms with van der Waals surface area (Å²) in [6.07, 6.45) is 0.714. The summed E-state index contributed by atoms with van der Waals surface area (Å²) >= 11 is 0. The fourth-order valence-electron chi connectivity index (χ4n) is 1.58. The van der Waals surface area contributed by atoms with Gasteiger partial charge in [0, 0.05) is 0 Å². The van der Waals surface area contributed by atoms with Gasteiger partial charge < -0.3 is 10.4 Å². The van der Waals surface area contributed by atoms with Gasteiger partial charge in [-0.3, -0.25) is 0 Å². The molecule has 3 heteroatoms. The van der Waals surface area contributed by atoms with Crippen LogP contribution < -0.4 is 5.32 Å². The molecule has 2 unspecified atom stereocenters. The van der Waals surface area contributed by atoms with Crippen LogP contribution in [-0.4, -0.2) is 23.8 Å². The van der Waals surface area contributed by atoms with E-state index in [1.54, 1.807) is 0 Å². The maximum Gasteiger partial charge on any atom is 0.156 e. The number of benzene rings is 1. The van der Waals surface area contributed by atoms with Gasteiger partial charge in [-0.2, -0.15) is 5.26 Å². The van der Waals surface area contributed by atoms with E-state index in [4.69, 9.17) is 5.26 Å². The maximum atomic E-state index is 9.58. The topological polar surface area (TPSA) is 56.0 Å². The molecule has 0 saturated heterocycles.